The molecule has 0 heterocycles. The first-order valence-corrected chi connectivity index (χ1v) is 7.98. The Morgan fingerprint density at radius 1 is 1.12 bits per heavy atom. The van der Waals surface area contributed by atoms with Crippen molar-refractivity contribution >= 4 is 15.9 Å². The SMILES string of the molecule is CCCC1CCC(Br)C(CCC(C)(C)C)C1. The van der Waals surface area contributed by atoms with Gasteiger partial charge in [0.15, 0.2) is 0 Å². The number of halogens is 1. The van der Waals surface area contributed by atoms with Crippen molar-refractivity contribution in [1.29, 1.82) is 0 Å². The van der Waals surface area contributed by atoms with Gasteiger partial charge >= 0.3 is 0 Å². The molecule has 0 N–H and O–H groups in total. The smallest absolute Gasteiger partial charge is 0.0174 e. The molecule has 1 heteroatoms. The highest BCUT2D eigenvalue weighted by Gasteiger charge is 2.29. The standard InChI is InChI=1S/C15H29Br/c1-5-6-12-7-8-14(16)13(11-12)9-10-15(2,3)4/h12-14H,5-11H2,1-4H3. The zero-order chi connectivity index (χ0) is 12.2. The van der Waals surface area contributed by atoms with E-state index in [1.54, 1.807) is 0 Å². The molecule has 0 saturated heterocycles. The molecule has 1 rings (SSSR count). The number of rotatable bonds is 4. The molecule has 3 unspecified atom stereocenters. The van der Waals surface area contributed by atoms with Crippen LogP contribution in [0.1, 0.15) is 72.6 Å². The van der Waals surface area contributed by atoms with E-state index in [-0.39, 0.29) is 0 Å². The van der Waals surface area contributed by atoms with Crippen molar-refractivity contribution in [2.75, 3.05) is 0 Å². The Balaban J connectivity index is 2.37. The molecular formula is C15H29Br. The van der Waals surface area contributed by atoms with Gasteiger partial charge in [0.25, 0.3) is 0 Å². The molecule has 0 amide bonds. The zero-order valence-corrected chi connectivity index (χ0v) is 13.1. The lowest BCUT2D eigenvalue weighted by atomic mass is 9.75. The van der Waals surface area contributed by atoms with Gasteiger partial charge in [-0.2, -0.15) is 0 Å². The monoisotopic (exact) mass is 288 g/mol. The Hall–Kier alpha value is 0.480. The van der Waals surface area contributed by atoms with Crippen molar-refractivity contribution in [3.05, 3.63) is 0 Å². The summed E-state index contributed by atoms with van der Waals surface area (Å²) in [6.45, 7) is 9.41. The minimum Gasteiger partial charge on any atom is -0.0888 e. The Bertz CT molecular complexity index is 192. The second-order valence-electron chi connectivity index (χ2n) is 6.84. The first-order valence-electron chi connectivity index (χ1n) is 7.06. The normalized spacial score (nSPS) is 31.7. The average molecular weight is 289 g/mol. The highest BCUT2D eigenvalue weighted by Crippen LogP contribution is 2.39. The maximum Gasteiger partial charge on any atom is 0.0174 e. The summed E-state index contributed by atoms with van der Waals surface area (Å²) in [6.07, 6.45) is 9.93. The van der Waals surface area contributed by atoms with E-state index in [4.69, 9.17) is 0 Å². The molecule has 0 aromatic rings. The predicted molar refractivity (Wildman–Crippen MR) is 77.1 cm³/mol. The van der Waals surface area contributed by atoms with Crippen LogP contribution in [0.2, 0.25) is 0 Å². The molecule has 3 atom stereocenters. The molecule has 0 aromatic heterocycles. The van der Waals surface area contributed by atoms with E-state index in [1.807, 2.05) is 0 Å². The van der Waals surface area contributed by atoms with Crippen LogP contribution in [0.4, 0.5) is 0 Å². The van der Waals surface area contributed by atoms with Crippen molar-refractivity contribution < 1.29 is 0 Å². The summed E-state index contributed by atoms with van der Waals surface area (Å²) in [7, 11) is 0. The molecule has 0 bridgehead atoms. The molecule has 0 aliphatic heterocycles. The molecule has 0 radical (unpaired) electrons. The minimum absolute atomic E-state index is 0.504. The molecular weight excluding hydrogens is 260 g/mol. The summed E-state index contributed by atoms with van der Waals surface area (Å²) >= 11 is 3.90. The van der Waals surface area contributed by atoms with Crippen LogP contribution >= 0.6 is 15.9 Å². The third-order valence-corrected chi connectivity index (χ3v) is 5.17. The van der Waals surface area contributed by atoms with Crippen molar-refractivity contribution in [3.8, 4) is 0 Å². The van der Waals surface area contributed by atoms with Crippen LogP contribution in [0.15, 0.2) is 0 Å². The van der Waals surface area contributed by atoms with Gasteiger partial charge in [-0.15, -0.1) is 0 Å². The highest BCUT2D eigenvalue weighted by molar-refractivity contribution is 9.09. The first-order chi connectivity index (χ1) is 7.42. The quantitative estimate of drug-likeness (QED) is 0.574. The number of hydrogen-bond donors (Lipinski definition) is 0. The van der Waals surface area contributed by atoms with E-state index < -0.39 is 0 Å². The summed E-state index contributed by atoms with van der Waals surface area (Å²) in [4.78, 5) is 0.794. The van der Waals surface area contributed by atoms with E-state index >= 15 is 0 Å². The first kappa shape index (κ1) is 14.5. The summed E-state index contributed by atoms with van der Waals surface area (Å²) in [6, 6.07) is 0. The molecule has 1 aliphatic carbocycles. The fraction of sp³-hybridized carbons (Fsp3) is 1.00. The lowest BCUT2D eigenvalue weighted by Gasteiger charge is -2.34. The summed E-state index contributed by atoms with van der Waals surface area (Å²) in [5.74, 6) is 1.95. The van der Waals surface area contributed by atoms with E-state index in [0.717, 1.165) is 16.7 Å². The number of alkyl halides is 1. The molecule has 16 heavy (non-hydrogen) atoms. The third kappa shape index (κ3) is 5.21. The molecule has 1 aliphatic rings. The fourth-order valence-electron chi connectivity index (χ4n) is 2.91. The summed E-state index contributed by atoms with van der Waals surface area (Å²) < 4.78 is 0. The molecule has 1 saturated carbocycles. The largest absolute Gasteiger partial charge is 0.0888 e. The van der Waals surface area contributed by atoms with Gasteiger partial charge in [-0.25, -0.2) is 0 Å². The Morgan fingerprint density at radius 2 is 1.81 bits per heavy atom. The molecule has 0 spiro atoms. The van der Waals surface area contributed by atoms with Crippen LogP contribution in [-0.4, -0.2) is 4.83 Å². The van der Waals surface area contributed by atoms with Crippen LogP contribution in [0.3, 0.4) is 0 Å². The second kappa shape index (κ2) is 6.42. The Kier molecular flexibility index (Phi) is 5.84. The summed E-state index contributed by atoms with van der Waals surface area (Å²) in [5, 5.41) is 0. The molecule has 0 aromatic carbocycles. The van der Waals surface area contributed by atoms with E-state index in [1.165, 1.54) is 44.9 Å². The lowest BCUT2D eigenvalue weighted by molar-refractivity contribution is 0.226. The third-order valence-electron chi connectivity index (χ3n) is 3.96. The van der Waals surface area contributed by atoms with E-state index in [0.29, 0.717) is 5.41 Å². The van der Waals surface area contributed by atoms with Crippen molar-refractivity contribution in [2.45, 2.75) is 77.5 Å². The zero-order valence-electron chi connectivity index (χ0n) is 11.6. The molecule has 0 nitrogen and oxygen atoms in total. The maximum absolute atomic E-state index is 3.90. The van der Waals surface area contributed by atoms with Gasteiger partial charge in [0, 0.05) is 4.83 Å². The van der Waals surface area contributed by atoms with Crippen molar-refractivity contribution in [1.82, 2.24) is 0 Å². The molecule has 96 valence electrons. The lowest BCUT2D eigenvalue weighted by Crippen LogP contribution is -2.26. The van der Waals surface area contributed by atoms with E-state index in [2.05, 4.69) is 43.6 Å². The van der Waals surface area contributed by atoms with Gasteiger partial charge in [0.2, 0.25) is 0 Å². The summed E-state index contributed by atoms with van der Waals surface area (Å²) in [5.41, 5.74) is 0.504. The molecule has 1 fully saturated rings. The average Bonchev–Trinajstić information content (AvgIpc) is 2.18. The Labute approximate surface area is 111 Å². The Morgan fingerprint density at radius 3 is 2.38 bits per heavy atom. The minimum atomic E-state index is 0.504. The maximum atomic E-state index is 3.90. The van der Waals surface area contributed by atoms with Crippen LogP contribution in [0.5, 0.6) is 0 Å². The van der Waals surface area contributed by atoms with Gasteiger partial charge in [-0.3, -0.25) is 0 Å². The fourth-order valence-corrected chi connectivity index (χ4v) is 3.66. The van der Waals surface area contributed by atoms with Crippen LogP contribution in [0.25, 0.3) is 0 Å². The van der Waals surface area contributed by atoms with Crippen molar-refractivity contribution in [2.24, 2.45) is 17.3 Å². The highest BCUT2D eigenvalue weighted by atomic mass is 79.9. The van der Waals surface area contributed by atoms with Gasteiger partial charge in [-0.05, 0) is 49.4 Å². The van der Waals surface area contributed by atoms with Gasteiger partial charge in [0.05, 0.1) is 0 Å². The van der Waals surface area contributed by atoms with Crippen LogP contribution < -0.4 is 0 Å². The van der Waals surface area contributed by atoms with Gasteiger partial charge in [0.1, 0.15) is 0 Å². The van der Waals surface area contributed by atoms with E-state index in [9.17, 15) is 0 Å². The topological polar surface area (TPSA) is 0 Å². The van der Waals surface area contributed by atoms with Crippen LogP contribution in [0, 0.1) is 17.3 Å². The predicted octanol–water partition coefficient (Wildman–Crippen LogP) is 5.79. The van der Waals surface area contributed by atoms with Crippen molar-refractivity contribution in [3.63, 3.8) is 0 Å². The number of hydrogen-bond acceptors (Lipinski definition) is 0. The van der Waals surface area contributed by atoms with Gasteiger partial charge in [-0.1, -0.05) is 56.5 Å². The van der Waals surface area contributed by atoms with Crippen LogP contribution in [-0.2, 0) is 0 Å². The van der Waals surface area contributed by atoms with Gasteiger partial charge < -0.3 is 0 Å². The second-order valence-corrected chi connectivity index (χ2v) is 8.02.